The number of hydrogen-bond acceptors (Lipinski definition) is 2. The molecule has 0 aliphatic rings. The minimum atomic E-state index is -0.115. The lowest BCUT2D eigenvalue weighted by Gasteiger charge is -2.12. The molecule has 1 N–H and O–H groups in total. The molecular formula is C16H19N3O. The van der Waals surface area contributed by atoms with Gasteiger partial charge in [-0.25, -0.2) is 4.68 Å². The molecule has 0 saturated heterocycles. The number of carbonyl (C=O) groups excluding carboxylic acids is 1. The van der Waals surface area contributed by atoms with Crippen molar-refractivity contribution < 1.29 is 4.79 Å². The van der Waals surface area contributed by atoms with Gasteiger partial charge in [0.2, 0.25) is 0 Å². The van der Waals surface area contributed by atoms with Gasteiger partial charge in [-0.05, 0) is 18.1 Å². The summed E-state index contributed by atoms with van der Waals surface area (Å²) in [7, 11) is 0. The number of hydrogen-bond donors (Lipinski definition) is 1. The highest BCUT2D eigenvalue weighted by Crippen LogP contribution is 2.22. The van der Waals surface area contributed by atoms with E-state index in [9.17, 15) is 4.79 Å². The molecule has 0 saturated carbocycles. The number of carbonyl (C=O) groups is 1. The van der Waals surface area contributed by atoms with Gasteiger partial charge in [0.05, 0.1) is 23.1 Å². The zero-order valence-electron chi connectivity index (χ0n) is 11.8. The number of benzene rings is 1. The van der Waals surface area contributed by atoms with Crippen LogP contribution in [0.25, 0.3) is 5.69 Å². The molecule has 0 spiro atoms. The van der Waals surface area contributed by atoms with Crippen molar-refractivity contribution in [1.29, 1.82) is 0 Å². The van der Waals surface area contributed by atoms with E-state index in [1.54, 1.807) is 12.3 Å². The van der Waals surface area contributed by atoms with Crippen molar-refractivity contribution in [2.75, 3.05) is 6.54 Å². The highest BCUT2D eigenvalue weighted by atomic mass is 16.1. The van der Waals surface area contributed by atoms with Crippen LogP contribution in [0.15, 0.2) is 49.2 Å². The second kappa shape index (κ2) is 6.19. The van der Waals surface area contributed by atoms with Crippen LogP contribution in [0.5, 0.6) is 0 Å². The number of rotatable bonds is 5. The first-order valence-corrected chi connectivity index (χ1v) is 6.67. The van der Waals surface area contributed by atoms with Crippen LogP contribution in [0.3, 0.4) is 0 Å². The van der Waals surface area contributed by atoms with Gasteiger partial charge < -0.3 is 5.32 Å². The van der Waals surface area contributed by atoms with Crippen molar-refractivity contribution >= 4 is 5.91 Å². The first kappa shape index (κ1) is 14.1. The van der Waals surface area contributed by atoms with Crippen LogP contribution in [0.1, 0.15) is 35.8 Å². The summed E-state index contributed by atoms with van der Waals surface area (Å²) in [6, 6.07) is 9.82. The Kier molecular flexibility index (Phi) is 4.35. The molecule has 1 heterocycles. The molecule has 1 aromatic carbocycles. The molecule has 1 aromatic heterocycles. The normalized spacial score (nSPS) is 10.6. The van der Waals surface area contributed by atoms with Crippen LogP contribution in [-0.2, 0) is 0 Å². The Morgan fingerprint density at radius 2 is 2.10 bits per heavy atom. The molecule has 104 valence electrons. The topological polar surface area (TPSA) is 46.9 Å². The van der Waals surface area contributed by atoms with Crippen LogP contribution in [0.4, 0.5) is 0 Å². The Morgan fingerprint density at radius 1 is 1.40 bits per heavy atom. The Morgan fingerprint density at radius 3 is 2.70 bits per heavy atom. The average molecular weight is 269 g/mol. The summed E-state index contributed by atoms with van der Waals surface area (Å²) in [5.74, 6) is 0.0815. The Balaban J connectivity index is 2.43. The number of nitrogens with zero attached hydrogens (tertiary/aromatic N) is 2. The van der Waals surface area contributed by atoms with Crippen molar-refractivity contribution in [3.05, 3.63) is 60.4 Å². The van der Waals surface area contributed by atoms with Gasteiger partial charge in [0.25, 0.3) is 5.91 Å². The maximum atomic E-state index is 12.2. The van der Waals surface area contributed by atoms with Crippen molar-refractivity contribution in [2.24, 2.45) is 0 Å². The van der Waals surface area contributed by atoms with Gasteiger partial charge in [0, 0.05) is 6.54 Å². The Hall–Kier alpha value is -2.36. The van der Waals surface area contributed by atoms with E-state index in [1.807, 2.05) is 35.0 Å². The summed E-state index contributed by atoms with van der Waals surface area (Å²) >= 11 is 0. The van der Waals surface area contributed by atoms with Gasteiger partial charge in [-0.1, -0.05) is 38.1 Å². The van der Waals surface area contributed by atoms with E-state index in [2.05, 4.69) is 30.8 Å². The maximum Gasteiger partial charge on any atom is 0.255 e. The van der Waals surface area contributed by atoms with Crippen LogP contribution in [-0.4, -0.2) is 22.2 Å². The van der Waals surface area contributed by atoms with Crippen molar-refractivity contribution in [2.45, 2.75) is 19.8 Å². The lowest BCUT2D eigenvalue weighted by Crippen LogP contribution is -2.24. The monoisotopic (exact) mass is 269 g/mol. The molecule has 4 nitrogen and oxygen atoms in total. The van der Waals surface area contributed by atoms with Gasteiger partial charge >= 0.3 is 0 Å². The molecule has 2 rings (SSSR count). The van der Waals surface area contributed by atoms with Gasteiger partial charge in [-0.3, -0.25) is 4.79 Å². The summed E-state index contributed by atoms with van der Waals surface area (Å²) in [6.45, 7) is 8.16. The highest BCUT2D eigenvalue weighted by Gasteiger charge is 2.20. The third kappa shape index (κ3) is 2.79. The number of para-hydroxylation sites is 1. The van der Waals surface area contributed by atoms with Crippen LogP contribution in [0, 0.1) is 0 Å². The summed E-state index contributed by atoms with van der Waals surface area (Å²) in [5, 5.41) is 7.17. The Labute approximate surface area is 119 Å². The van der Waals surface area contributed by atoms with Gasteiger partial charge in [0.15, 0.2) is 0 Å². The fourth-order valence-electron chi connectivity index (χ4n) is 2.12. The largest absolute Gasteiger partial charge is 0.348 e. The second-order valence-corrected chi connectivity index (χ2v) is 4.84. The quantitative estimate of drug-likeness (QED) is 0.848. The highest BCUT2D eigenvalue weighted by molar-refractivity contribution is 5.95. The lowest BCUT2D eigenvalue weighted by atomic mass is 10.1. The summed E-state index contributed by atoms with van der Waals surface area (Å²) in [5.41, 5.74) is 2.49. The van der Waals surface area contributed by atoms with Gasteiger partial charge in [-0.15, -0.1) is 6.58 Å². The maximum absolute atomic E-state index is 12.2. The fraction of sp³-hybridized carbons (Fsp3) is 0.250. The molecule has 0 unspecified atom stereocenters. The predicted molar refractivity (Wildman–Crippen MR) is 80.2 cm³/mol. The number of aromatic nitrogens is 2. The molecule has 0 aliphatic heterocycles. The first-order valence-electron chi connectivity index (χ1n) is 6.67. The summed E-state index contributed by atoms with van der Waals surface area (Å²) < 4.78 is 1.83. The van der Waals surface area contributed by atoms with Gasteiger partial charge in [-0.2, -0.15) is 5.10 Å². The predicted octanol–water partition coefficient (Wildman–Crippen LogP) is 2.91. The van der Waals surface area contributed by atoms with Crippen LogP contribution >= 0.6 is 0 Å². The number of amides is 1. The molecule has 0 atom stereocenters. The zero-order valence-corrected chi connectivity index (χ0v) is 11.8. The van der Waals surface area contributed by atoms with E-state index in [1.165, 1.54) is 0 Å². The standard InChI is InChI=1S/C16H19N3O/c1-4-10-17-16(20)14-11-18-19(15(14)12(2)3)13-8-6-5-7-9-13/h4-9,11-12H,1,10H2,2-3H3,(H,17,20). The average Bonchev–Trinajstić information content (AvgIpc) is 2.90. The third-order valence-corrected chi connectivity index (χ3v) is 3.01. The van der Waals surface area contributed by atoms with E-state index in [0.717, 1.165) is 11.4 Å². The lowest BCUT2D eigenvalue weighted by molar-refractivity contribution is 0.0956. The second-order valence-electron chi connectivity index (χ2n) is 4.84. The molecule has 0 aliphatic carbocycles. The van der Waals surface area contributed by atoms with Crippen LogP contribution in [0.2, 0.25) is 0 Å². The summed E-state index contributed by atoms with van der Waals surface area (Å²) in [6.07, 6.45) is 3.29. The molecule has 0 radical (unpaired) electrons. The minimum absolute atomic E-state index is 0.115. The van der Waals surface area contributed by atoms with Gasteiger partial charge in [0.1, 0.15) is 0 Å². The first-order chi connectivity index (χ1) is 9.65. The molecule has 0 bridgehead atoms. The zero-order chi connectivity index (χ0) is 14.5. The van der Waals surface area contributed by atoms with E-state index >= 15 is 0 Å². The minimum Gasteiger partial charge on any atom is -0.348 e. The fourth-order valence-corrected chi connectivity index (χ4v) is 2.12. The molecular weight excluding hydrogens is 250 g/mol. The van der Waals surface area contributed by atoms with Crippen molar-refractivity contribution in [3.63, 3.8) is 0 Å². The van der Waals surface area contributed by atoms with Crippen molar-refractivity contribution in [1.82, 2.24) is 15.1 Å². The molecule has 0 fully saturated rings. The van der Waals surface area contributed by atoms with E-state index in [-0.39, 0.29) is 11.8 Å². The van der Waals surface area contributed by atoms with E-state index < -0.39 is 0 Å². The SMILES string of the molecule is C=CCNC(=O)c1cnn(-c2ccccc2)c1C(C)C. The molecule has 20 heavy (non-hydrogen) atoms. The molecule has 4 heteroatoms. The van der Waals surface area contributed by atoms with E-state index in [0.29, 0.717) is 12.1 Å². The Bertz CT molecular complexity index is 599. The number of nitrogens with one attached hydrogen (secondary N) is 1. The third-order valence-electron chi connectivity index (χ3n) is 3.01. The summed E-state index contributed by atoms with van der Waals surface area (Å²) in [4.78, 5) is 12.2. The smallest absolute Gasteiger partial charge is 0.255 e. The molecule has 2 aromatic rings. The van der Waals surface area contributed by atoms with Crippen molar-refractivity contribution in [3.8, 4) is 5.69 Å². The van der Waals surface area contributed by atoms with E-state index in [4.69, 9.17) is 0 Å². The van der Waals surface area contributed by atoms with Crippen LogP contribution < -0.4 is 5.32 Å². The molecule has 1 amide bonds.